The lowest BCUT2D eigenvalue weighted by atomic mass is 10.3. The van der Waals surface area contributed by atoms with Crippen molar-refractivity contribution < 1.29 is 14.3 Å². The minimum absolute atomic E-state index is 0.176. The molecule has 5 nitrogen and oxygen atoms in total. The van der Waals surface area contributed by atoms with E-state index in [2.05, 4.69) is 10.6 Å². The van der Waals surface area contributed by atoms with Gasteiger partial charge in [0, 0.05) is 0 Å². The van der Waals surface area contributed by atoms with Gasteiger partial charge in [0.25, 0.3) is 0 Å². The highest BCUT2D eigenvalue weighted by atomic mass is 16.6. The molecule has 1 aromatic rings. The molecule has 1 aliphatic rings. The van der Waals surface area contributed by atoms with Crippen LogP contribution >= 0.6 is 0 Å². The summed E-state index contributed by atoms with van der Waals surface area (Å²) in [6, 6.07) is 7.21. The largest absolute Gasteiger partial charge is 0.495 e. The van der Waals surface area contributed by atoms with Crippen LogP contribution in [0.2, 0.25) is 0 Å². The van der Waals surface area contributed by atoms with Gasteiger partial charge in [-0.1, -0.05) is 12.1 Å². The Morgan fingerprint density at radius 2 is 2.29 bits per heavy atom. The van der Waals surface area contributed by atoms with Crippen molar-refractivity contribution in [3.8, 4) is 5.75 Å². The number of para-hydroxylation sites is 2. The highest BCUT2D eigenvalue weighted by molar-refractivity contribution is 5.86. The van der Waals surface area contributed by atoms with Crippen LogP contribution in [-0.4, -0.2) is 26.0 Å². The predicted octanol–water partition coefficient (Wildman–Crippen LogP) is 1.95. The molecule has 2 N–H and O–H groups in total. The van der Waals surface area contributed by atoms with E-state index in [0.29, 0.717) is 11.4 Å². The van der Waals surface area contributed by atoms with Crippen LogP contribution in [0.15, 0.2) is 24.3 Å². The third-order valence-corrected chi connectivity index (χ3v) is 2.61. The summed E-state index contributed by atoms with van der Waals surface area (Å²) < 4.78 is 10.3. The molecular formula is C12H16N2O3. The number of methoxy groups -OCH3 is 1. The van der Waals surface area contributed by atoms with Gasteiger partial charge in [0.05, 0.1) is 12.8 Å². The lowest BCUT2D eigenvalue weighted by molar-refractivity contribution is 0.102. The number of hydrogen-bond acceptors (Lipinski definition) is 4. The molecular weight excluding hydrogens is 220 g/mol. The van der Waals surface area contributed by atoms with Crippen LogP contribution in [0.1, 0.15) is 12.8 Å². The Kier molecular flexibility index (Phi) is 3.82. The maximum Gasteiger partial charge on any atom is 0.413 e. The highest BCUT2D eigenvalue weighted by Gasteiger charge is 2.18. The molecule has 17 heavy (non-hydrogen) atoms. The Balaban J connectivity index is 1.92. The van der Waals surface area contributed by atoms with E-state index in [0.717, 1.165) is 19.4 Å². The normalized spacial score (nSPS) is 18.8. The van der Waals surface area contributed by atoms with E-state index in [9.17, 15) is 4.79 Å². The zero-order valence-electron chi connectivity index (χ0n) is 9.73. The quantitative estimate of drug-likeness (QED) is 0.842. The van der Waals surface area contributed by atoms with Crippen molar-refractivity contribution in [2.45, 2.75) is 19.1 Å². The van der Waals surface area contributed by atoms with Crippen LogP contribution in [0.5, 0.6) is 5.75 Å². The Labute approximate surface area is 100 Å². The van der Waals surface area contributed by atoms with E-state index < -0.39 is 6.09 Å². The molecule has 1 amide bonds. The molecule has 0 aliphatic carbocycles. The molecule has 1 atom stereocenters. The zero-order chi connectivity index (χ0) is 12.1. The van der Waals surface area contributed by atoms with Gasteiger partial charge < -0.3 is 9.47 Å². The van der Waals surface area contributed by atoms with Crippen molar-refractivity contribution in [3.63, 3.8) is 0 Å². The first-order valence-corrected chi connectivity index (χ1v) is 5.63. The molecule has 0 bridgehead atoms. The van der Waals surface area contributed by atoms with Crippen LogP contribution in [-0.2, 0) is 4.74 Å². The second-order valence-corrected chi connectivity index (χ2v) is 3.82. The molecule has 5 heteroatoms. The first-order chi connectivity index (χ1) is 8.29. The molecule has 92 valence electrons. The van der Waals surface area contributed by atoms with Gasteiger partial charge >= 0.3 is 6.09 Å². The summed E-state index contributed by atoms with van der Waals surface area (Å²) in [6.07, 6.45) is 1.25. The minimum atomic E-state index is -0.464. The first-order valence-electron chi connectivity index (χ1n) is 5.63. The van der Waals surface area contributed by atoms with Crippen LogP contribution in [0.3, 0.4) is 0 Å². The number of benzene rings is 1. The van der Waals surface area contributed by atoms with Gasteiger partial charge in [-0.25, -0.2) is 4.79 Å². The topological polar surface area (TPSA) is 59.6 Å². The average Bonchev–Trinajstić information content (AvgIpc) is 2.82. The standard InChI is InChI=1S/C12H16N2O3/c1-16-10-6-3-2-5-9(10)14-12(15)17-11-7-4-8-13-11/h2-3,5-6,11,13H,4,7-8H2,1H3,(H,14,15). The maximum atomic E-state index is 11.6. The van der Waals surface area contributed by atoms with Gasteiger partial charge in [-0.05, 0) is 31.5 Å². The summed E-state index contributed by atoms with van der Waals surface area (Å²) in [7, 11) is 1.56. The maximum absolute atomic E-state index is 11.6. The van der Waals surface area contributed by atoms with E-state index in [1.54, 1.807) is 19.2 Å². The number of carbonyl (C=O) groups excluding carboxylic acids is 1. The fraction of sp³-hybridized carbons (Fsp3) is 0.417. The van der Waals surface area contributed by atoms with Crippen molar-refractivity contribution >= 4 is 11.8 Å². The monoisotopic (exact) mass is 236 g/mol. The second-order valence-electron chi connectivity index (χ2n) is 3.82. The van der Waals surface area contributed by atoms with E-state index in [1.165, 1.54) is 0 Å². The number of anilines is 1. The summed E-state index contributed by atoms with van der Waals surface area (Å²) in [5.74, 6) is 0.615. The summed E-state index contributed by atoms with van der Waals surface area (Å²) >= 11 is 0. The molecule has 1 unspecified atom stereocenters. The van der Waals surface area contributed by atoms with Gasteiger partial charge in [0.15, 0.2) is 6.23 Å². The molecule has 1 fully saturated rings. The van der Waals surface area contributed by atoms with Gasteiger partial charge in [-0.2, -0.15) is 0 Å². The van der Waals surface area contributed by atoms with Crippen molar-refractivity contribution in [1.29, 1.82) is 0 Å². The lowest BCUT2D eigenvalue weighted by Crippen LogP contribution is -2.29. The van der Waals surface area contributed by atoms with Crippen molar-refractivity contribution in [1.82, 2.24) is 5.32 Å². The number of carbonyl (C=O) groups is 1. The van der Waals surface area contributed by atoms with Gasteiger partial charge in [-0.3, -0.25) is 10.6 Å². The van der Waals surface area contributed by atoms with E-state index in [1.807, 2.05) is 12.1 Å². The van der Waals surface area contributed by atoms with E-state index in [-0.39, 0.29) is 6.23 Å². The summed E-state index contributed by atoms with van der Waals surface area (Å²) in [6.45, 7) is 0.895. The number of amides is 1. The fourth-order valence-electron chi connectivity index (χ4n) is 1.77. The Morgan fingerprint density at radius 1 is 1.47 bits per heavy atom. The molecule has 0 aromatic heterocycles. The third-order valence-electron chi connectivity index (χ3n) is 2.61. The summed E-state index contributed by atoms with van der Waals surface area (Å²) in [5.41, 5.74) is 0.609. The lowest BCUT2D eigenvalue weighted by Gasteiger charge is -2.14. The molecule has 1 aromatic carbocycles. The molecule has 1 saturated heterocycles. The zero-order valence-corrected chi connectivity index (χ0v) is 9.73. The predicted molar refractivity (Wildman–Crippen MR) is 64.1 cm³/mol. The average molecular weight is 236 g/mol. The van der Waals surface area contributed by atoms with E-state index in [4.69, 9.17) is 9.47 Å². The molecule has 1 aliphatic heterocycles. The van der Waals surface area contributed by atoms with Crippen molar-refractivity contribution in [3.05, 3.63) is 24.3 Å². The minimum Gasteiger partial charge on any atom is -0.495 e. The molecule has 0 saturated carbocycles. The van der Waals surface area contributed by atoms with Gasteiger partial charge in [0.2, 0.25) is 0 Å². The Hall–Kier alpha value is -1.75. The van der Waals surface area contributed by atoms with Crippen LogP contribution < -0.4 is 15.4 Å². The van der Waals surface area contributed by atoms with Crippen LogP contribution in [0.25, 0.3) is 0 Å². The third kappa shape index (κ3) is 3.10. The number of rotatable bonds is 3. The van der Waals surface area contributed by atoms with E-state index >= 15 is 0 Å². The molecule has 2 rings (SSSR count). The number of nitrogens with one attached hydrogen (secondary N) is 2. The molecule has 0 radical (unpaired) electrons. The Bertz CT molecular complexity index is 389. The number of ether oxygens (including phenoxy) is 2. The summed E-state index contributed by atoms with van der Waals surface area (Å²) in [4.78, 5) is 11.6. The SMILES string of the molecule is COc1ccccc1NC(=O)OC1CCCN1. The Morgan fingerprint density at radius 3 is 3.00 bits per heavy atom. The van der Waals surface area contributed by atoms with Crippen LogP contribution in [0.4, 0.5) is 10.5 Å². The van der Waals surface area contributed by atoms with Crippen molar-refractivity contribution in [2.75, 3.05) is 19.0 Å². The highest BCUT2D eigenvalue weighted by Crippen LogP contribution is 2.23. The van der Waals surface area contributed by atoms with Crippen LogP contribution in [0, 0.1) is 0 Å². The van der Waals surface area contributed by atoms with Gasteiger partial charge in [-0.15, -0.1) is 0 Å². The first kappa shape index (κ1) is 11.7. The smallest absolute Gasteiger partial charge is 0.413 e. The fourth-order valence-corrected chi connectivity index (χ4v) is 1.77. The second kappa shape index (κ2) is 5.54. The molecule has 1 heterocycles. The number of hydrogen-bond donors (Lipinski definition) is 2. The van der Waals surface area contributed by atoms with Gasteiger partial charge in [0.1, 0.15) is 5.75 Å². The van der Waals surface area contributed by atoms with Crippen molar-refractivity contribution in [2.24, 2.45) is 0 Å². The summed E-state index contributed by atoms with van der Waals surface area (Å²) in [5, 5.41) is 5.75. The molecule has 0 spiro atoms.